The van der Waals surface area contributed by atoms with E-state index in [-0.39, 0.29) is 12.1 Å². The summed E-state index contributed by atoms with van der Waals surface area (Å²) in [5, 5.41) is 0. The Bertz CT molecular complexity index is 345. The highest BCUT2D eigenvalue weighted by Gasteiger charge is 2.28. The minimum atomic E-state index is 0.279. The third kappa shape index (κ3) is 3.09. The minimum Gasteiger partial charge on any atom is -0.465 e. The second-order valence-electron chi connectivity index (χ2n) is 4.78. The van der Waals surface area contributed by atoms with Crippen LogP contribution in [0.2, 0.25) is 0 Å². The number of aryl methyl sites for hydroxylation is 1. The molecule has 17 heavy (non-hydrogen) atoms. The van der Waals surface area contributed by atoms with Gasteiger partial charge in [-0.25, -0.2) is 0 Å². The van der Waals surface area contributed by atoms with E-state index in [1.54, 1.807) is 0 Å². The summed E-state index contributed by atoms with van der Waals surface area (Å²) in [7, 11) is 2.08. The fraction of sp³-hybridized carbons (Fsp3) is 0.692. The van der Waals surface area contributed by atoms with E-state index >= 15 is 0 Å². The van der Waals surface area contributed by atoms with Crippen molar-refractivity contribution < 1.29 is 9.15 Å². The Hall–Kier alpha value is -0.840. The second kappa shape index (κ2) is 5.67. The molecule has 0 radical (unpaired) electrons. The molecule has 1 aromatic heterocycles. The Kier molecular flexibility index (Phi) is 4.20. The van der Waals surface area contributed by atoms with Gasteiger partial charge in [0.25, 0.3) is 0 Å². The van der Waals surface area contributed by atoms with E-state index in [1.165, 1.54) is 0 Å². The van der Waals surface area contributed by atoms with Gasteiger partial charge in [0.05, 0.1) is 12.6 Å². The van der Waals surface area contributed by atoms with Gasteiger partial charge in [0, 0.05) is 19.2 Å². The van der Waals surface area contributed by atoms with Gasteiger partial charge in [0.15, 0.2) is 0 Å². The lowest BCUT2D eigenvalue weighted by atomic mass is 10.1. The Labute approximate surface area is 103 Å². The Balaban J connectivity index is 1.94. The number of nitrogens with zero attached hydrogens (tertiary/aromatic N) is 1. The lowest BCUT2D eigenvalue weighted by Gasteiger charge is -2.30. The van der Waals surface area contributed by atoms with Crippen LogP contribution >= 0.6 is 0 Å². The highest BCUT2D eigenvalue weighted by atomic mass is 16.5. The molecule has 0 saturated carbocycles. The number of hydrogen-bond donors (Lipinski definition) is 1. The molecule has 2 N–H and O–H groups in total. The molecular weight excluding hydrogens is 216 g/mol. The molecule has 1 aromatic rings. The highest BCUT2D eigenvalue weighted by molar-refractivity contribution is 5.05. The van der Waals surface area contributed by atoms with Crippen molar-refractivity contribution >= 4 is 0 Å². The van der Waals surface area contributed by atoms with E-state index < -0.39 is 0 Å². The van der Waals surface area contributed by atoms with Crippen LogP contribution < -0.4 is 5.73 Å². The third-order valence-corrected chi connectivity index (χ3v) is 3.40. The zero-order valence-electron chi connectivity index (χ0n) is 10.7. The Morgan fingerprint density at radius 3 is 2.88 bits per heavy atom. The molecule has 2 atom stereocenters. The summed E-state index contributed by atoms with van der Waals surface area (Å²) in [6, 6.07) is 4.30. The van der Waals surface area contributed by atoms with Gasteiger partial charge in [-0.2, -0.15) is 0 Å². The number of rotatable bonds is 5. The predicted octanol–water partition coefficient (Wildman–Crippen LogP) is 1.53. The van der Waals surface area contributed by atoms with Gasteiger partial charge >= 0.3 is 0 Å². The van der Waals surface area contributed by atoms with Crippen molar-refractivity contribution in [2.24, 2.45) is 5.73 Å². The maximum atomic E-state index is 5.86. The van der Waals surface area contributed by atoms with E-state index in [1.807, 2.05) is 19.1 Å². The first-order valence-corrected chi connectivity index (χ1v) is 6.28. The first-order chi connectivity index (χ1) is 8.20. The molecular formula is C13H22N2O2. The van der Waals surface area contributed by atoms with Crippen LogP contribution in [0, 0.1) is 6.92 Å². The number of ether oxygens (including phenoxy) is 1. The van der Waals surface area contributed by atoms with Crippen LogP contribution in [-0.4, -0.2) is 37.2 Å². The average Bonchev–Trinajstić information content (AvgIpc) is 2.92. The van der Waals surface area contributed by atoms with Gasteiger partial charge in [0.1, 0.15) is 11.5 Å². The quantitative estimate of drug-likeness (QED) is 0.845. The van der Waals surface area contributed by atoms with Crippen molar-refractivity contribution in [1.29, 1.82) is 0 Å². The maximum Gasteiger partial charge on any atom is 0.118 e. The summed E-state index contributed by atoms with van der Waals surface area (Å²) in [5.74, 6) is 1.94. The molecule has 2 heterocycles. The molecule has 1 aliphatic rings. The fourth-order valence-corrected chi connectivity index (χ4v) is 2.45. The number of furan rings is 1. The molecule has 0 aromatic carbocycles. The van der Waals surface area contributed by atoms with Crippen LogP contribution in [-0.2, 0) is 11.3 Å². The first kappa shape index (κ1) is 12.6. The van der Waals surface area contributed by atoms with Crippen LogP contribution in [0.5, 0.6) is 0 Å². The van der Waals surface area contributed by atoms with E-state index in [4.69, 9.17) is 14.9 Å². The average molecular weight is 238 g/mol. The van der Waals surface area contributed by atoms with Gasteiger partial charge < -0.3 is 14.9 Å². The zero-order valence-corrected chi connectivity index (χ0v) is 10.7. The van der Waals surface area contributed by atoms with Gasteiger partial charge in [-0.1, -0.05) is 0 Å². The topological polar surface area (TPSA) is 51.6 Å². The summed E-state index contributed by atoms with van der Waals surface area (Å²) in [6.45, 7) is 4.25. The monoisotopic (exact) mass is 238 g/mol. The second-order valence-corrected chi connectivity index (χ2v) is 4.78. The summed E-state index contributed by atoms with van der Waals surface area (Å²) in [6.07, 6.45) is 2.54. The van der Waals surface area contributed by atoms with Gasteiger partial charge in [-0.3, -0.25) is 4.90 Å². The van der Waals surface area contributed by atoms with Gasteiger partial charge in [0.2, 0.25) is 0 Å². The molecule has 4 heteroatoms. The highest BCUT2D eigenvalue weighted by Crippen LogP contribution is 2.20. The van der Waals surface area contributed by atoms with Crippen LogP contribution in [0.4, 0.5) is 0 Å². The van der Waals surface area contributed by atoms with Crippen LogP contribution in [0.3, 0.4) is 0 Å². The number of likely N-dealkylation sites (N-methyl/N-ethyl adjacent to an activating group) is 1. The first-order valence-electron chi connectivity index (χ1n) is 6.28. The Morgan fingerprint density at radius 1 is 1.53 bits per heavy atom. The smallest absolute Gasteiger partial charge is 0.118 e. The SMILES string of the molecule is Cc1ccc(CN(C)C(CN)C2CCCO2)o1. The molecule has 0 aliphatic carbocycles. The zero-order chi connectivity index (χ0) is 12.3. The molecule has 1 fully saturated rings. The molecule has 1 saturated heterocycles. The van der Waals surface area contributed by atoms with Crippen molar-refractivity contribution in [3.05, 3.63) is 23.7 Å². The third-order valence-electron chi connectivity index (χ3n) is 3.40. The van der Waals surface area contributed by atoms with Crippen molar-refractivity contribution in [2.45, 2.75) is 38.5 Å². The molecule has 2 rings (SSSR count). The molecule has 0 spiro atoms. The standard InChI is InChI=1S/C13H22N2O2/c1-10-5-6-11(17-10)9-15(2)12(8-14)13-4-3-7-16-13/h5-6,12-13H,3-4,7-9,14H2,1-2H3. The summed E-state index contributed by atoms with van der Waals surface area (Å²) in [4.78, 5) is 2.23. The van der Waals surface area contributed by atoms with Crippen molar-refractivity contribution in [3.63, 3.8) is 0 Å². The molecule has 0 amide bonds. The summed E-state index contributed by atoms with van der Waals surface area (Å²) in [5.41, 5.74) is 5.86. The van der Waals surface area contributed by atoms with Crippen molar-refractivity contribution in [3.8, 4) is 0 Å². The molecule has 1 aliphatic heterocycles. The lowest BCUT2D eigenvalue weighted by Crippen LogP contribution is -2.45. The van der Waals surface area contributed by atoms with Crippen molar-refractivity contribution in [2.75, 3.05) is 20.2 Å². The largest absolute Gasteiger partial charge is 0.465 e. The lowest BCUT2D eigenvalue weighted by molar-refractivity contribution is 0.0325. The fourth-order valence-electron chi connectivity index (χ4n) is 2.45. The van der Waals surface area contributed by atoms with Gasteiger partial charge in [-0.05, 0) is 38.9 Å². The van der Waals surface area contributed by atoms with Crippen molar-refractivity contribution in [1.82, 2.24) is 4.90 Å². The molecule has 96 valence electrons. The predicted molar refractivity (Wildman–Crippen MR) is 66.7 cm³/mol. The van der Waals surface area contributed by atoms with Crippen LogP contribution in [0.25, 0.3) is 0 Å². The van der Waals surface area contributed by atoms with Gasteiger partial charge in [-0.15, -0.1) is 0 Å². The number of nitrogens with two attached hydrogens (primary N) is 1. The molecule has 2 unspecified atom stereocenters. The van der Waals surface area contributed by atoms with E-state index in [0.29, 0.717) is 6.54 Å². The van der Waals surface area contributed by atoms with E-state index in [0.717, 1.165) is 37.5 Å². The normalized spacial score (nSPS) is 22.2. The van der Waals surface area contributed by atoms with E-state index in [9.17, 15) is 0 Å². The van der Waals surface area contributed by atoms with E-state index in [2.05, 4.69) is 11.9 Å². The van der Waals surface area contributed by atoms with Crippen LogP contribution in [0.1, 0.15) is 24.4 Å². The Morgan fingerprint density at radius 2 is 2.35 bits per heavy atom. The molecule has 0 bridgehead atoms. The maximum absolute atomic E-state index is 5.86. The van der Waals surface area contributed by atoms with Crippen LogP contribution in [0.15, 0.2) is 16.5 Å². The molecule has 4 nitrogen and oxygen atoms in total. The summed E-state index contributed by atoms with van der Waals surface area (Å²) >= 11 is 0. The number of hydrogen-bond acceptors (Lipinski definition) is 4. The summed E-state index contributed by atoms with van der Waals surface area (Å²) < 4.78 is 11.3. The minimum absolute atomic E-state index is 0.279.